The molecule has 2 heterocycles. The Morgan fingerprint density at radius 2 is 1.68 bits per heavy atom. The van der Waals surface area contributed by atoms with Crippen LogP contribution in [0.4, 0.5) is 5.69 Å². The van der Waals surface area contributed by atoms with Gasteiger partial charge in [0.25, 0.3) is 5.91 Å². The van der Waals surface area contributed by atoms with E-state index < -0.39 is 18.5 Å². The molecule has 4 aromatic rings. The van der Waals surface area contributed by atoms with E-state index in [1.54, 1.807) is 24.3 Å². The van der Waals surface area contributed by atoms with Gasteiger partial charge < -0.3 is 10.1 Å². The van der Waals surface area contributed by atoms with Crippen molar-refractivity contribution in [2.24, 2.45) is 0 Å². The van der Waals surface area contributed by atoms with Crippen molar-refractivity contribution in [3.05, 3.63) is 72.2 Å². The number of pyridine rings is 1. The third-order valence-corrected chi connectivity index (χ3v) is 4.11. The largest absolute Gasteiger partial charge is 0.451 e. The number of hydrogen-bond acceptors (Lipinski definition) is 6. The Morgan fingerprint density at radius 1 is 0.964 bits per heavy atom. The smallest absolute Gasteiger partial charge is 0.359 e. The second-order valence-corrected chi connectivity index (χ2v) is 6.20. The number of aryl methyl sites for hydroxylation is 1. The summed E-state index contributed by atoms with van der Waals surface area (Å²) in [5, 5.41) is 3.58. The molecule has 0 saturated heterocycles. The summed E-state index contributed by atoms with van der Waals surface area (Å²) in [6, 6.07) is 16.5. The number of carbonyl (C=O) groups is 2. The summed E-state index contributed by atoms with van der Waals surface area (Å²) in [7, 11) is 0. The van der Waals surface area contributed by atoms with Crippen LogP contribution in [0.2, 0.25) is 0 Å². The van der Waals surface area contributed by atoms with Crippen LogP contribution in [0.3, 0.4) is 0 Å². The molecule has 0 fully saturated rings. The summed E-state index contributed by atoms with van der Waals surface area (Å²) in [5.74, 6) is -1.15. The first kappa shape index (κ1) is 17.5. The van der Waals surface area contributed by atoms with E-state index in [0.717, 1.165) is 16.6 Å². The zero-order valence-corrected chi connectivity index (χ0v) is 15.0. The Hall–Kier alpha value is -3.87. The molecule has 7 nitrogen and oxygen atoms in total. The molecule has 0 radical (unpaired) electrons. The van der Waals surface area contributed by atoms with Crippen LogP contribution in [0.1, 0.15) is 16.2 Å². The average Bonchev–Trinajstić information content (AvgIpc) is 2.71. The topological polar surface area (TPSA) is 94.1 Å². The van der Waals surface area contributed by atoms with Gasteiger partial charge in [-0.25, -0.2) is 9.78 Å². The van der Waals surface area contributed by atoms with Crippen molar-refractivity contribution in [2.45, 2.75) is 6.92 Å². The monoisotopic (exact) mass is 372 g/mol. The summed E-state index contributed by atoms with van der Waals surface area (Å²) in [4.78, 5) is 37.3. The number of anilines is 1. The quantitative estimate of drug-likeness (QED) is 0.553. The molecular weight excluding hydrogens is 356 g/mol. The third kappa shape index (κ3) is 3.64. The van der Waals surface area contributed by atoms with Crippen molar-refractivity contribution in [1.82, 2.24) is 15.0 Å². The van der Waals surface area contributed by atoms with Crippen LogP contribution in [0.5, 0.6) is 0 Å². The van der Waals surface area contributed by atoms with Gasteiger partial charge in [0, 0.05) is 11.1 Å². The van der Waals surface area contributed by atoms with E-state index in [1.165, 1.54) is 6.20 Å². The molecule has 4 rings (SSSR count). The number of nitrogens with zero attached hydrogens (tertiary/aromatic N) is 3. The lowest BCUT2D eigenvalue weighted by Crippen LogP contribution is -2.21. The first-order valence-corrected chi connectivity index (χ1v) is 8.65. The van der Waals surface area contributed by atoms with Gasteiger partial charge in [-0.1, -0.05) is 30.3 Å². The van der Waals surface area contributed by atoms with E-state index in [1.807, 2.05) is 37.3 Å². The number of amides is 1. The lowest BCUT2D eigenvalue weighted by molar-refractivity contribution is -0.119. The lowest BCUT2D eigenvalue weighted by atomic mass is 10.1. The number of carbonyl (C=O) groups excluding carboxylic acids is 2. The predicted molar refractivity (Wildman–Crippen MR) is 105 cm³/mol. The van der Waals surface area contributed by atoms with Crippen LogP contribution < -0.4 is 5.32 Å². The van der Waals surface area contributed by atoms with Gasteiger partial charge in [0.15, 0.2) is 12.3 Å². The van der Waals surface area contributed by atoms with Gasteiger partial charge in [-0.3, -0.25) is 14.8 Å². The highest BCUT2D eigenvalue weighted by atomic mass is 16.5. The molecule has 0 aliphatic rings. The van der Waals surface area contributed by atoms with Gasteiger partial charge in [-0.2, -0.15) is 0 Å². The molecule has 138 valence electrons. The van der Waals surface area contributed by atoms with E-state index in [2.05, 4.69) is 20.3 Å². The number of esters is 1. The second-order valence-electron chi connectivity index (χ2n) is 6.20. The Morgan fingerprint density at radius 3 is 2.50 bits per heavy atom. The van der Waals surface area contributed by atoms with E-state index in [0.29, 0.717) is 16.7 Å². The fraction of sp³-hybridized carbons (Fsp3) is 0.0952. The van der Waals surface area contributed by atoms with E-state index in [9.17, 15) is 9.59 Å². The highest BCUT2D eigenvalue weighted by Gasteiger charge is 2.14. The molecule has 1 N–H and O–H groups in total. The van der Waals surface area contributed by atoms with Crippen molar-refractivity contribution < 1.29 is 14.3 Å². The predicted octanol–water partition coefficient (Wildman–Crippen LogP) is 3.28. The maximum atomic E-state index is 12.3. The van der Waals surface area contributed by atoms with Gasteiger partial charge in [0.1, 0.15) is 0 Å². The number of ether oxygens (including phenoxy) is 1. The summed E-state index contributed by atoms with van der Waals surface area (Å²) in [6.07, 6.45) is 1.34. The van der Waals surface area contributed by atoms with Crippen molar-refractivity contribution >= 4 is 39.5 Å². The third-order valence-electron chi connectivity index (χ3n) is 4.11. The zero-order valence-electron chi connectivity index (χ0n) is 15.0. The number of hydrogen-bond donors (Lipinski definition) is 1. The number of nitrogens with one attached hydrogen (secondary N) is 1. The maximum Gasteiger partial charge on any atom is 0.359 e. The van der Waals surface area contributed by atoms with Crippen LogP contribution in [-0.4, -0.2) is 33.4 Å². The molecule has 1 amide bonds. The minimum absolute atomic E-state index is 0.0525. The highest BCUT2D eigenvalue weighted by Crippen LogP contribution is 2.22. The van der Waals surface area contributed by atoms with E-state index in [4.69, 9.17) is 4.74 Å². The molecule has 0 bridgehead atoms. The van der Waals surface area contributed by atoms with Crippen LogP contribution in [-0.2, 0) is 9.53 Å². The Labute approximate surface area is 160 Å². The fourth-order valence-electron chi connectivity index (χ4n) is 2.86. The summed E-state index contributed by atoms with van der Waals surface area (Å²) >= 11 is 0. The molecular formula is C21H16N4O3. The molecule has 2 aromatic heterocycles. The van der Waals surface area contributed by atoms with Gasteiger partial charge in [-0.15, -0.1) is 0 Å². The molecule has 0 unspecified atom stereocenters. The SMILES string of the molecule is Cc1cc(NC(=O)COC(=O)c2cnc3ccccc3n2)c2ccccc2n1. The first-order chi connectivity index (χ1) is 13.6. The standard InChI is InChI=1S/C21H16N4O3/c1-13-10-18(14-6-2-3-7-15(14)23-13)25-20(26)12-28-21(27)19-11-22-16-8-4-5-9-17(16)24-19/h2-11H,12H2,1H3,(H,23,25,26). The lowest BCUT2D eigenvalue weighted by Gasteiger charge is -2.10. The van der Waals surface area contributed by atoms with Gasteiger partial charge >= 0.3 is 5.97 Å². The number of aromatic nitrogens is 3. The molecule has 0 aliphatic carbocycles. The van der Waals surface area contributed by atoms with Gasteiger partial charge in [0.05, 0.1) is 28.4 Å². The minimum atomic E-state index is -0.704. The van der Waals surface area contributed by atoms with Crippen LogP contribution in [0.25, 0.3) is 21.9 Å². The zero-order chi connectivity index (χ0) is 19.5. The second kappa shape index (κ2) is 7.40. The summed E-state index contributed by atoms with van der Waals surface area (Å²) in [5.41, 5.74) is 3.49. The normalized spacial score (nSPS) is 10.8. The fourth-order valence-corrected chi connectivity index (χ4v) is 2.86. The first-order valence-electron chi connectivity index (χ1n) is 8.65. The summed E-state index contributed by atoms with van der Waals surface area (Å²) < 4.78 is 5.08. The maximum absolute atomic E-state index is 12.3. The Balaban J connectivity index is 1.45. The molecule has 7 heteroatoms. The number of benzene rings is 2. The highest BCUT2D eigenvalue weighted by molar-refractivity contribution is 6.02. The molecule has 2 aromatic carbocycles. The van der Waals surface area contributed by atoms with Crippen LogP contribution >= 0.6 is 0 Å². The van der Waals surface area contributed by atoms with Gasteiger partial charge in [0.2, 0.25) is 0 Å². The van der Waals surface area contributed by atoms with Gasteiger partial charge in [-0.05, 0) is 31.2 Å². The van der Waals surface area contributed by atoms with E-state index >= 15 is 0 Å². The van der Waals surface area contributed by atoms with Crippen LogP contribution in [0, 0.1) is 6.92 Å². The van der Waals surface area contributed by atoms with Crippen LogP contribution in [0.15, 0.2) is 60.8 Å². The van der Waals surface area contributed by atoms with Crippen molar-refractivity contribution in [2.75, 3.05) is 11.9 Å². The van der Waals surface area contributed by atoms with Crippen molar-refractivity contribution in [3.8, 4) is 0 Å². The number of rotatable bonds is 4. The van der Waals surface area contributed by atoms with Crippen molar-refractivity contribution in [1.29, 1.82) is 0 Å². The Bertz CT molecular complexity index is 1210. The molecule has 0 aliphatic heterocycles. The molecule has 0 saturated carbocycles. The van der Waals surface area contributed by atoms with Crippen molar-refractivity contribution in [3.63, 3.8) is 0 Å². The minimum Gasteiger partial charge on any atom is -0.451 e. The molecule has 0 spiro atoms. The number of para-hydroxylation sites is 3. The van der Waals surface area contributed by atoms with E-state index in [-0.39, 0.29) is 5.69 Å². The molecule has 28 heavy (non-hydrogen) atoms. The average molecular weight is 372 g/mol. The molecule has 0 atom stereocenters. The summed E-state index contributed by atoms with van der Waals surface area (Å²) in [6.45, 7) is 1.42. The number of fused-ring (bicyclic) bond motifs is 2. The Kier molecular flexibility index (Phi) is 4.63.